The van der Waals surface area contributed by atoms with E-state index in [1.165, 1.54) is 0 Å². The summed E-state index contributed by atoms with van der Waals surface area (Å²) in [5, 5.41) is 6.31. The first kappa shape index (κ1) is 11.5. The Morgan fingerprint density at radius 1 is 1.39 bits per heavy atom. The van der Waals surface area contributed by atoms with Gasteiger partial charge in [-0.1, -0.05) is 12.1 Å². The van der Waals surface area contributed by atoms with E-state index in [1.54, 1.807) is 0 Å². The summed E-state index contributed by atoms with van der Waals surface area (Å²) in [5.74, 6) is 0.0467. The number of hydrogen-bond acceptors (Lipinski definition) is 4. The Morgan fingerprint density at radius 2 is 2.28 bits per heavy atom. The molecule has 2 N–H and O–H groups in total. The van der Waals surface area contributed by atoms with E-state index in [0.717, 1.165) is 31.1 Å². The fourth-order valence-corrected chi connectivity index (χ4v) is 2.47. The van der Waals surface area contributed by atoms with Gasteiger partial charge in [-0.15, -0.1) is 0 Å². The number of nitrogens with one attached hydrogen (secondary N) is 2. The van der Waals surface area contributed by atoms with E-state index in [2.05, 4.69) is 15.5 Å². The predicted octanol–water partition coefficient (Wildman–Crippen LogP) is 0.433. The first-order valence-electron chi connectivity index (χ1n) is 6.28. The van der Waals surface area contributed by atoms with E-state index in [-0.39, 0.29) is 11.9 Å². The van der Waals surface area contributed by atoms with Gasteiger partial charge in [0.25, 0.3) is 0 Å². The Kier molecular flexibility index (Phi) is 3.17. The van der Waals surface area contributed by atoms with Gasteiger partial charge in [0.2, 0.25) is 5.91 Å². The Hall–Kier alpha value is -1.59. The van der Waals surface area contributed by atoms with Crippen molar-refractivity contribution in [1.29, 1.82) is 0 Å². The number of fused-ring (bicyclic) bond motifs is 1. The highest BCUT2D eigenvalue weighted by Gasteiger charge is 2.24. The smallest absolute Gasteiger partial charge is 0.243 e. The molecule has 0 aromatic heterocycles. The van der Waals surface area contributed by atoms with Gasteiger partial charge in [0, 0.05) is 19.1 Å². The van der Waals surface area contributed by atoms with Gasteiger partial charge in [-0.2, -0.15) is 0 Å². The summed E-state index contributed by atoms with van der Waals surface area (Å²) in [6.45, 7) is 3.57. The molecule has 1 atom stereocenters. The first-order valence-corrected chi connectivity index (χ1v) is 6.28. The van der Waals surface area contributed by atoms with Crippen molar-refractivity contribution in [3.63, 3.8) is 0 Å². The SMILES string of the molecule is O=C1CN(CC2COCCN2)c2ccccc2N1. The van der Waals surface area contributed by atoms with Crippen molar-refractivity contribution in [3.8, 4) is 0 Å². The van der Waals surface area contributed by atoms with Crippen LogP contribution in [0, 0.1) is 0 Å². The van der Waals surface area contributed by atoms with E-state index in [0.29, 0.717) is 13.2 Å². The summed E-state index contributed by atoms with van der Waals surface area (Å²) in [7, 11) is 0. The maximum Gasteiger partial charge on any atom is 0.243 e. The van der Waals surface area contributed by atoms with Crippen molar-refractivity contribution >= 4 is 17.3 Å². The summed E-state index contributed by atoms with van der Waals surface area (Å²) >= 11 is 0. The molecule has 96 valence electrons. The second-order valence-electron chi connectivity index (χ2n) is 4.67. The fourth-order valence-electron chi connectivity index (χ4n) is 2.47. The molecule has 1 saturated heterocycles. The molecule has 2 aliphatic heterocycles. The molecule has 1 amide bonds. The number of hydrogen-bond donors (Lipinski definition) is 2. The molecule has 1 unspecified atom stereocenters. The molecule has 1 fully saturated rings. The molecule has 2 heterocycles. The van der Waals surface area contributed by atoms with E-state index in [9.17, 15) is 4.79 Å². The fraction of sp³-hybridized carbons (Fsp3) is 0.462. The highest BCUT2D eigenvalue weighted by molar-refractivity contribution is 6.01. The van der Waals surface area contributed by atoms with Crippen LogP contribution in [0.4, 0.5) is 11.4 Å². The molecule has 0 saturated carbocycles. The lowest BCUT2D eigenvalue weighted by Crippen LogP contribution is -2.51. The molecule has 0 bridgehead atoms. The third-order valence-corrected chi connectivity index (χ3v) is 3.29. The molecule has 5 nitrogen and oxygen atoms in total. The zero-order valence-electron chi connectivity index (χ0n) is 10.2. The van der Waals surface area contributed by atoms with Crippen LogP contribution < -0.4 is 15.5 Å². The Balaban J connectivity index is 1.77. The van der Waals surface area contributed by atoms with Crippen LogP contribution in [0.15, 0.2) is 24.3 Å². The number of para-hydroxylation sites is 2. The molecule has 18 heavy (non-hydrogen) atoms. The molecule has 1 aromatic carbocycles. The number of amides is 1. The minimum atomic E-state index is 0.0467. The Morgan fingerprint density at radius 3 is 3.11 bits per heavy atom. The van der Waals surface area contributed by atoms with E-state index < -0.39 is 0 Å². The van der Waals surface area contributed by atoms with Gasteiger partial charge >= 0.3 is 0 Å². The van der Waals surface area contributed by atoms with Crippen molar-refractivity contribution < 1.29 is 9.53 Å². The number of nitrogens with zero attached hydrogens (tertiary/aromatic N) is 1. The summed E-state index contributed by atoms with van der Waals surface area (Å²) in [4.78, 5) is 13.8. The van der Waals surface area contributed by atoms with Crippen LogP contribution >= 0.6 is 0 Å². The number of carbonyl (C=O) groups is 1. The average molecular weight is 247 g/mol. The average Bonchev–Trinajstić information content (AvgIpc) is 2.40. The molecule has 5 heteroatoms. The van der Waals surface area contributed by atoms with Gasteiger partial charge in [-0.25, -0.2) is 0 Å². The van der Waals surface area contributed by atoms with E-state index >= 15 is 0 Å². The van der Waals surface area contributed by atoms with Crippen molar-refractivity contribution in [2.24, 2.45) is 0 Å². The lowest BCUT2D eigenvalue weighted by Gasteiger charge is -2.35. The van der Waals surface area contributed by atoms with Crippen molar-refractivity contribution in [3.05, 3.63) is 24.3 Å². The summed E-state index contributed by atoms with van der Waals surface area (Å²) < 4.78 is 5.45. The molecule has 1 aromatic rings. The molecule has 2 aliphatic rings. The minimum absolute atomic E-state index is 0.0467. The van der Waals surface area contributed by atoms with Crippen LogP contribution in [0.5, 0.6) is 0 Å². The topological polar surface area (TPSA) is 53.6 Å². The number of carbonyl (C=O) groups excluding carboxylic acids is 1. The van der Waals surface area contributed by atoms with E-state index in [4.69, 9.17) is 4.74 Å². The predicted molar refractivity (Wildman–Crippen MR) is 69.9 cm³/mol. The van der Waals surface area contributed by atoms with Crippen LogP contribution in [0.2, 0.25) is 0 Å². The zero-order chi connectivity index (χ0) is 12.4. The van der Waals surface area contributed by atoms with Gasteiger partial charge in [-0.3, -0.25) is 4.79 Å². The second kappa shape index (κ2) is 4.96. The lowest BCUT2D eigenvalue weighted by molar-refractivity contribution is -0.115. The largest absolute Gasteiger partial charge is 0.378 e. The standard InChI is InChI=1S/C13H17N3O2/c17-13-8-16(7-10-9-18-6-5-14-10)12-4-2-1-3-11(12)15-13/h1-4,10,14H,5-9H2,(H,15,17). The van der Waals surface area contributed by atoms with Crippen molar-refractivity contribution in [1.82, 2.24) is 5.32 Å². The molecule has 3 rings (SSSR count). The van der Waals surface area contributed by atoms with Crippen LogP contribution in [0.25, 0.3) is 0 Å². The quantitative estimate of drug-likeness (QED) is 0.796. The number of benzene rings is 1. The van der Waals surface area contributed by atoms with Crippen LogP contribution in [0.3, 0.4) is 0 Å². The summed E-state index contributed by atoms with van der Waals surface area (Å²) in [6, 6.07) is 8.19. The molecular formula is C13H17N3O2. The number of morpholine rings is 1. The number of ether oxygens (including phenoxy) is 1. The van der Waals surface area contributed by atoms with Gasteiger partial charge < -0.3 is 20.3 Å². The second-order valence-corrected chi connectivity index (χ2v) is 4.67. The maximum absolute atomic E-state index is 11.7. The zero-order valence-corrected chi connectivity index (χ0v) is 10.2. The summed E-state index contributed by atoms with van der Waals surface area (Å²) in [5.41, 5.74) is 1.98. The van der Waals surface area contributed by atoms with Crippen molar-refractivity contribution in [2.75, 3.05) is 43.1 Å². The van der Waals surface area contributed by atoms with Gasteiger partial charge in [0.05, 0.1) is 31.1 Å². The summed E-state index contributed by atoms with van der Waals surface area (Å²) in [6.07, 6.45) is 0. The van der Waals surface area contributed by atoms with Crippen LogP contribution in [0.1, 0.15) is 0 Å². The molecule has 0 spiro atoms. The van der Waals surface area contributed by atoms with Crippen LogP contribution in [-0.4, -0.2) is 44.8 Å². The Bertz CT molecular complexity index is 444. The first-order chi connectivity index (χ1) is 8.83. The van der Waals surface area contributed by atoms with Gasteiger partial charge in [-0.05, 0) is 12.1 Å². The third kappa shape index (κ3) is 2.32. The van der Waals surface area contributed by atoms with Crippen LogP contribution in [-0.2, 0) is 9.53 Å². The Labute approximate surface area is 106 Å². The molecular weight excluding hydrogens is 230 g/mol. The maximum atomic E-state index is 11.7. The minimum Gasteiger partial charge on any atom is -0.378 e. The van der Waals surface area contributed by atoms with Gasteiger partial charge in [0.1, 0.15) is 0 Å². The number of rotatable bonds is 2. The molecule has 0 radical (unpaired) electrons. The van der Waals surface area contributed by atoms with Gasteiger partial charge in [0.15, 0.2) is 0 Å². The highest BCUT2D eigenvalue weighted by atomic mass is 16.5. The monoisotopic (exact) mass is 247 g/mol. The third-order valence-electron chi connectivity index (χ3n) is 3.29. The molecule has 0 aliphatic carbocycles. The van der Waals surface area contributed by atoms with E-state index in [1.807, 2.05) is 24.3 Å². The van der Waals surface area contributed by atoms with Crippen molar-refractivity contribution in [2.45, 2.75) is 6.04 Å². The normalized spacial score (nSPS) is 23.4. The lowest BCUT2D eigenvalue weighted by atomic mass is 10.1. The number of anilines is 2. The highest BCUT2D eigenvalue weighted by Crippen LogP contribution is 2.28.